The maximum atomic E-state index is 14.6. The van der Waals surface area contributed by atoms with E-state index in [9.17, 15) is 4.39 Å². The van der Waals surface area contributed by atoms with E-state index in [0.29, 0.717) is 23.7 Å². The predicted molar refractivity (Wildman–Crippen MR) is 102 cm³/mol. The van der Waals surface area contributed by atoms with Crippen molar-refractivity contribution in [3.05, 3.63) is 71.7 Å². The summed E-state index contributed by atoms with van der Waals surface area (Å²) in [4.78, 5) is 4.03. The number of nitrogens with one attached hydrogen (secondary N) is 1. The second-order valence-electron chi connectivity index (χ2n) is 5.93. The van der Waals surface area contributed by atoms with E-state index in [4.69, 9.17) is 10.3 Å². The fourth-order valence-electron chi connectivity index (χ4n) is 2.71. The first-order chi connectivity index (χ1) is 12.6. The van der Waals surface area contributed by atoms with Crippen LogP contribution in [-0.4, -0.2) is 17.7 Å². The molecule has 2 aromatic carbocycles. The number of halogens is 1. The Morgan fingerprint density at radius 3 is 2.69 bits per heavy atom. The summed E-state index contributed by atoms with van der Waals surface area (Å²) in [6.07, 6.45) is 0. The number of nitrogens with zero attached hydrogens (tertiary/aromatic N) is 2. The average Bonchev–Trinajstić information content (AvgIpc) is 3.10. The molecule has 0 radical (unpaired) electrons. The highest BCUT2D eigenvalue weighted by atomic mass is 19.1. The molecule has 1 atom stereocenters. The van der Waals surface area contributed by atoms with Crippen LogP contribution in [0.15, 0.2) is 64.1 Å². The first-order valence-electron chi connectivity index (χ1n) is 8.47. The van der Waals surface area contributed by atoms with Gasteiger partial charge in [-0.1, -0.05) is 54.5 Å². The number of hydrogen-bond donors (Lipinski definition) is 2. The lowest BCUT2D eigenvalue weighted by molar-refractivity contribution is 0.424. The Hall–Kier alpha value is -3.15. The normalized spacial score (nSPS) is 12.8. The second kappa shape index (κ2) is 7.82. The Kier molecular flexibility index (Phi) is 5.31. The van der Waals surface area contributed by atoms with Gasteiger partial charge in [0.15, 0.2) is 5.96 Å². The quantitative estimate of drug-likeness (QED) is 0.528. The van der Waals surface area contributed by atoms with Gasteiger partial charge in [-0.05, 0) is 24.1 Å². The van der Waals surface area contributed by atoms with Crippen LogP contribution in [0.5, 0.6) is 0 Å². The van der Waals surface area contributed by atoms with Gasteiger partial charge in [0, 0.05) is 24.1 Å². The van der Waals surface area contributed by atoms with Gasteiger partial charge in [0.25, 0.3) is 0 Å². The van der Waals surface area contributed by atoms with Crippen molar-refractivity contribution in [3.63, 3.8) is 0 Å². The summed E-state index contributed by atoms with van der Waals surface area (Å²) >= 11 is 0. The average molecular weight is 352 g/mol. The number of nitrogens with two attached hydrogens (primary N) is 1. The first-order valence-corrected chi connectivity index (χ1v) is 8.47. The minimum absolute atomic E-state index is 0.127. The van der Waals surface area contributed by atoms with E-state index in [1.54, 1.807) is 18.2 Å². The zero-order chi connectivity index (χ0) is 18.5. The molecule has 0 aliphatic carbocycles. The molecule has 26 heavy (non-hydrogen) atoms. The minimum Gasteiger partial charge on any atom is -0.370 e. The molecule has 3 rings (SSSR count). The summed E-state index contributed by atoms with van der Waals surface area (Å²) in [5.74, 6) is 0.281. The first kappa shape index (κ1) is 17.7. The molecule has 0 spiro atoms. The van der Waals surface area contributed by atoms with E-state index in [2.05, 4.69) is 15.5 Å². The molecule has 5 nitrogen and oxygen atoms in total. The van der Waals surface area contributed by atoms with Gasteiger partial charge in [0.2, 0.25) is 5.88 Å². The molecule has 3 aromatic rings. The SMILES string of the molecule is CCN=C(N)Nc1cc(C(C)c2ccc(-c3ccccc3)c(F)c2)no1. The number of anilines is 1. The Labute approximate surface area is 151 Å². The maximum absolute atomic E-state index is 14.6. The number of hydrogen-bond acceptors (Lipinski definition) is 3. The summed E-state index contributed by atoms with van der Waals surface area (Å²) in [6, 6.07) is 16.5. The van der Waals surface area contributed by atoms with Crippen molar-refractivity contribution in [2.75, 3.05) is 11.9 Å². The van der Waals surface area contributed by atoms with Gasteiger partial charge in [-0.25, -0.2) is 4.39 Å². The summed E-state index contributed by atoms with van der Waals surface area (Å²) in [7, 11) is 0. The monoisotopic (exact) mass is 352 g/mol. The van der Waals surface area contributed by atoms with E-state index < -0.39 is 0 Å². The molecular weight excluding hydrogens is 331 g/mol. The molecule has 0 aliphatic rings. The molecule has 1 aromatic heterocycles. The predicted octanol–water partition coefficient (Wildman–Crippen LogP) is 4.38. The zero-order valence-electron chi connectivity index (χ0n) is 14.7. The lowest BCUT2D eigenvalue weighted by Gasteiger charge is -2.11. The number of aromatic nitrogens is 1. The van der Waals surface area contributed by atoms with Gasteiger partial charge in [0.1, 0.15) is 5.82 Å². The molecule has 0 fully saturated rings. The Balaban J connectivity index is 1.80. The van der Waals surface area contributed by atoms with Gasteiger partial charge in [0.05, 0.1) is 5.69 Å². The number of rotatable bonds is 5. The molecular formula is C20H21FN4O. The molecule has 0 bridgehead atoms. The van der Waals surface area contributed by atoms with Crippen molar-refractivity contribution in [2.24, 2.45) is 10.7 Å². The van der Waals surface area contributed by atoms with E-state index in [1.165, 1.54) is 0 Å². The fraction of sp³-hybridized carbons (Fsp3) is 0.200. The largest absolute Gasteiger partial charge is 0.370 e. The van der Waals surface area contributed by atoms with Crippen molar-refractivity contribution in [2.45, 2.75) is 19.8 Å². The van der Waals surface area contributed by atoms with Crippen LogP contribution in [-0.2, 0) is 0 Å². The third-order valence-electron chi connectivity index (χ3n) is 4.13. The van der Waals surface area contributed by atoms with Gasteiger partial charge >= 0.3 is 0 Å². The molecule has 1 unspecified atom stereocenters. The summed E-state index contributed by atoms with van der Waals surface area (Å²) in [5.41, 5.74) is 8.63. The summed E-state index contributed by atoms with van der Waals surface area (Å²) in [6.45, 7) is 4.40. The van der Waals surface area contributed by atoms with Crippen LogP contribution in [0, 0.1) is 5.82 Å². The van der Waals surface area contributed by atoms with Crippen molar-refractivity contribution >= 4 is 11.8 Å². The minimum atomic E-state index is -0.262. The number of aliphatic imine (C=N–C) groups is 1. The Morgan fingerprint density at radius 1 is 1.23 bits per heavy atom. The third-order valence-corrected chi connectivity index (χ3v) is 4.13. The Bertz CT molecular complexity index is 905. The van der Waals surface area contributed by atoms with Crippen LogP contribution in [0.2, 0.25) is 0 Å². The third kappa shape index (κ3) is 3.91. The molecule has 134 valence electrons. The molecule has 3 N–H and O–H groups in total. The van der Waals surface area contributed by atoms with Crippen LogP contribution >= 0.6 is 0 Å². The van der Waals surface area contributed by atoms with Gasteiger partial charge in [-0.2, -0.15) is 0 Å². The molecule has 0 saturated carbocycles. The number of benzene rings is 2. The fourth-order valence-corrected chi connectivity index (χ4v) is 2.71. The summed E-state index contributed by atoms with van der Waals surface area (Å²) < 4.78 is 19.8. The van der Waals surface area contributed by atoms with Crippen molar-refractivity contribution in [1.82, 2.24) is 5.16 Å². The highest BCUT2D eigenvalue weighted by Crippen LogP contribution is 2.29. The van der Waals surface area contributed by atoms with Crippen LogP contribution in [0.4, 0.5) is 10.3 Å². The van der Waals surface area contributed by atoms with E-state index >= 15 is 0 Å². The van der Waals surface area contributed by atoms with Gasteiger partial charge < -0.3 is 10.3 Å². The highest BCUT2D eigenvalue weighted by molar-refractivity contribution is 5.90. The maximum Gasteiger partial charge on any atom is 0.231 e. The van der Waals surface area contributed by atoms with Gasteiger partial charge in [-0.15, -0.1) is 0 Å². The van der Waals surface area contributed by atoms with Crippen molar-refractivity contribution in [1.29, 1.82) is 0 Å². The highest BCUT2D eigenvalue weighted by Gasteiger charge is 2.16. The van der Waals surface area contributed by atoms with E-state index in [-0.39, 0.29) is 17.7 Å². The smallest absolute Gasteiger partial charge is 0.231 e. The van der Waals surface area contributed by atoms with Crippen molar-refractivity contribution in [3.8, 4) is 11.1 Å². The number of guanidine groups is 1. The molecule has 0 aliphatic heterocycles. The lowest BCUT2D eigenvalue weighted by atomic mass is 9.95. The standard InChI is InChI=1S/C20H21FN4O/c1-3-23-20(22)24-19-12-18(25-26-19)13(2)15-9-10-16(17(21)11-15)14-7-5-4-6-8-14/h4-13H,3H2,1-2H3,(H3,22,23,24). The Morgan fingerprint density at radius 2 is 2.00 bits per heavy atom. The van der Waals surface area contributed by atoms with Crippen LogP contribution in [0.25, 0.3) is 11.1 Å². The van der Waals surface area contributed by atoms with Crippen LogP contribution in [0.3, 0.4) is 0 Å². The topological polar surface area (TPSA) is 76.4 Å². The van der Waals surface area contributed by atoms with Crippen LogP contribution in [0.1, 0.15) is 31.0 Å². The van der Waals surface area contributed by atoms with E-state index in [1.807, 2.05) is 50.2 Å². The molecule has 0 amide bonds. The van der Waals surface area contributed by atoms with E-state index in [0.717, 1.165) is 11.1 Å². The molecule has 1 heterocycles. The van der Waals surface area contributed by atoms with Crippen LogP contribution < -0.4 is 11.1 Å². The van der Waals surface area contributed by atoms with Crippen molar-refractivity contribution < 1.29 is 8.91 Å². The molecule has 0 saturated heterocycles. The zero-order valence-corrected chi connectivity index (χ0v) is 14.7. The molecule has 6 heteroatoms. The van der Waals surface area contributed by atoms with Gasteiger partial charge in [-0.3, -0.25) is 10.3 Å². The second-order valence-corrected chi connectivity index (χ2v) is 5.93. The lowest BCUT2D eigenvalue weighted by Crippen LogP contribution is -2.22. The summed E-state index contributed by atoms with van der Waals surface area (Å²) in [5, 5.41) is 6.88.